The van der Waals surface area contributed by atoms with Crippen LogP contribution in [0.1, 0.15) is 0 Å². The molecule has 1 aromatic rings. The Bertz CT molecular complexity index is 576. The summed E-state index contributed by atoms with van der Waals surface area (Å²) in [6.45, 7) is 0.511. The Balaban J connectivity index is 2.29. The van der Waals surface area contributed by atoms with Crippen molar-refractivity contribution in [3.8, 4) is 6.07 Å². The van der Waals surface area contributed by atoms with E-state index in [2.05, 4.69) is 15.9 Å². The zero-order valence-electron chi connectivity index (χ0n) is 8.97. The highest BCUT2D eigenvalue weighted by Crippen LogP contribution is 2.36. The normalized spacial score (nSPS) is 21.7. The second kappa shape index (κ2) is 5.45. The molecular weight excluding hydrogens is 364 g/mol. The summed E-state index contributed by atoms with van der Waals surface area (Å²) in [5.41, 5.74) is 0. The van der Waals surface area contributed by atoms with Gasteiger partial charge in [0.2, 0.25) is 0 Å². The number of ether oxygens (including phenoxy) is 1. The van der Waals surface area contributed by atoms with Crippen LogP contribution in [-0.2, 0) is 14.8 Å². The first-order valence-corrected chi connectivity index (χ1v) is 8.34. The van der Waals surface area contributed by atoms with Crippen LogP contribution in [-0.4, -0.2) is 38.5 Å². The first kappa shape index (κ1) is 14.2. The zero-order valence-corrected chi connectivity index (χ0v) is 12.9. The second-order valence-electron chi connectivity index (χ2n) is 3.54. The van der Waals surface area contributed by atoms with Gasteiger partial charge in [0.05, 0.1) is 28.0 Å². The molecule has 0 amide bonds. The monoisotopic (exact) mass is 370 g/mol. The van der Waals surface area contributed by atoms with Crippen LogP contribution < -0.4 is 0 Å². The molecule has 0 spiro atoms. The van der Waals surface area contributed by atoms with Crippen molar-refractivity contribution >= 4 is 48.9 Å². The van der Waals surface area contributed by atoms with Gasteiger partial charge in [0.1, 0.15) is 4.21 Å². The van der Waals surface area contributed by atoms with Crippen LogP contribution in [0.4, 0.5) is 0 Å². The maximum Gasteiger partial charge on any atom is 0.252 e. The van der Waals surface area contributed by atoms with Crippen LogP contribution in [0.25, 0.3) is 0 Å². The molecule has 1 aliphatic heterocycles. The van der Waals surface area contributed by atoms with E-state index >= 15 is 0 Å². The summed E-state index contributed by atoms with van der Waals surface area (Å²) in [5.74, 6) is 0. The Kier molecular flexibility index (Phi) is 4.31. The van der Waals surface area contributed by atoms with Gasteiger partial charge in [0.25, 0.3) is 10.0 Å². The number of nitrogens with zero attached hydrogens (tertiary/aromatic N) is 2. The van der Waals surface area contributed by atoms with Crippen molar-refractivity contribution < 1.29 is 13.2 Å². The average molecular weight is 372 g/mol. The van der Waals surface area contributed by atoms with E-state index in [4.69, 9.17) is 21.6 Å². The van der Waals surface area contributed by atoms with Gasteiger partial charge in [-0.1, -0.05) is 11.6 Å². The van der Waals surface area contributed by atoms with Gasteiger partial charge in [-0.2, -0.15) is 9.57 Å². The molecule has 1 saturated heterocycles. The maximum atomic E-state index is 12.3. The lowest BCUT2D eigenvalue weighted by atomic mass is 10.3. The fourth-order valence-corrected chi connectivity index (χ4v) is 5.48. The summed E-state index contributed by atoms with van der Waals surface area (Å²) in [5, 5.41) is 9.14. The fraction of sp³-hybridized carbons (Fsp3) is 0.444. The summed E-state index contributed by atoms with van der Waals surface area (Å²) >= 11 is 10.1. The third-order valence-corrected chi connectivity index (χ3v) is 7.18. The topological polar surface area (TPSA) is 70.4 Å². The van der Waals surface area contributed by atoms with E-state index in [0.717, 1.165) is 11.3 Å². The van der Waals surface area contributed by atoms with Crippen molar-refractivity contribution in [1.29, 1.82) is 5.26 Å². The molecule has 0 N–H and O–H groups in total. The van der Waals surface area contributed by atoms with Gasteiger partial charge in [-0.15, -0.1) is 11.3 Å². The molecule has 0 bridgehead atoms. The molecule has 2 rings (SSSR count). The zero-order chi connectivity index (χ0) is 13.3. The Morgan fingerprint density at radius 1 is 1.67 bits per heavy atom. The SMILES string of the molecule is N#CC1CN(S(=O)(=O)c2cc(Cl)c(Br)s2)CCO1. The number of thiophene rings is 1. The predicted octanol–water partition coefficient (Wildman–Crippen LogP) is 2.08. The van der Waals surface area contributed by atoms with Crippen molar-refractivity contribution in [1.82, 2.24) is 4.31 Å². The van der Waals surface area contributed by atoms with Gasteiger partial charge >= 0.3 is 0 Å². The van der Waals surface area contributed by atoms with Crippen LogP contribution in [0.15, 0.2) is 14.1 Å². The quantitative estimate of drug-likeness (QED) is 0.798. The third kappa shape index (κ3) is 2.71. The number of morpholine rings is 1. The van der Waals surface area contributed by atoms with Gasteiger partial charge in [0, 0.05) is 6.54 Å². The second-order valence-corrected chi connectivity index (χ2v) is 8.48. The highest BCUT2D eigenvalue weighted by molar-refractivity contribution is 9.11. The van der Waals surface area contributed by atoms with Gasteiger partial charge < -0.3 is 4.74 Å². The standard InChI is InChI=1S/C9H8BrClN2O3S2/c10-9-7(11)3-8(17-9)18(14,15)13-1-2-16-6(4-12)5-13/h3,6H,1-2,5H2. The minimum absolute atomic E-state index is 0.0476. The van der Waals surface area contributed by atoms with E-state index in [1.165, 1.54) is 10.4 Å². The number of rotatable bonds is 2. The molecule has 1 aromatic heterocycles. The predicted molar refractivity (Wildman–Crippen MR) is 71.1 cm³/mol. The number of nitriles is 1. The minimum atomic E-state index is -3.60. The Morgan fingerprint density at radius 3 is 2.94 bits per heavy atom. The lowest BCUT2D eigenvalue weighted by Crippen LogP contribution is -2.44. The molecule has 1 unspecified atom stereocenters. The summed E-state index contributed by atoms with van der Waals surface area (Å²) < 4.78 is 31.7. The van der Waals surface area contributed by atoms with Crippen molar-refractivity contribution in [2.75, 3.05) is 19.7 Å². The molecule has 0 aromatic carbocycles. The molecule has 5 nitrogen and oxygen atoms in total. The number of hydrogen-bond donors (Lipinski definition) is 0. The number of halogens is 2. The molecule has 18 heavy (non-hydrogen) atoms. The van der Waals surface area contributed by atoms with Crippen molar-refractivity contribution in [2.45, 2.75) is 10.3 Å². The van der Waals surface area contributed by atoms with E-state index in [9.17, 15) is 8.42 Å². The molecule has 1 aliphatic rings. The molecule has 0 radical (unpaired) electrons. The molecule has 98 valence electrons. The molecule has 2 heterocycles. The summed E-state index contributed by atoms with van der Waals surface area (Å²) in [6, 6.07) is 3.32. The molecule has 1 fully saturated rings. The first-order chi connectivity index (χ1) is 8.45. The van der Waals surface area contributed by atoms with Gasteiger partial charge in [-0.05, 0) is 22.0 Å². The summed E-state index contributed by atoms with van der Waals surface area (Å²) in [4.78, 5) is 0. The van der Waals surface area contributed by atoms with Gasteiger partial charge in [0.15, 0.2) is 6.10 Å². The van der Waals surface area contributed by atoms with E-state index in [-0.39, 0.29) is 23.9 Å². The van der Waals surface area contributed by atoms with Gasteiger partial charge in [-0.25, -0.2) is 8.42 Å². The molecule has 1 atom stereocenters. The van der Waals surface area contributed by atoms with E-state index < -0.39 is 16.1 Å². The van der Waals surface area contributed by atoms with E-state index in [1.54, 1.807) is 0 Å². The van der Waals surface area contributed by atoms with E-state index in [1.807, 2.05) is 6.07 Å². The molecular formula is C9H8BrClN2O3S2. The molecule has 9 heteroatoms. The van der Waals surface area contributed by atoms with Crippen LogP contribution in [0.5, 0.6) is 0 Å². The van der Waals surface area contributed by atoms with Crippen molar-refractivity contribution in [3.05, 3.63) is 14.9 Å². The Hall–Kier alpha value is -0.170. The average Bonchev–Trinajstić information content (AvgIpc) is 2.70. The minimum Gasteiger partial charge on any atom is -0.361 e. The number of sulfonamides is 1. The van der Waals surface area contributed by atoms with Crippen molar-refractivity contribution in [2.24, 2.45) is 0 Å². The van der Waals surface area contributed by atoms with Crippen LogP contribution in [0, 0.1) is 11.3 Å². The number of hydrogen-bond acceptors (Lipinski definition) is 5. The fourth-order valence-electron chi connectivity index (χ4n) is 1.50. The first-order valence-electron chi connectivity index (χ1n) is 4.91. The largest absolute Gasteiger partial charge is 0.361 e. The van der Waals surface area contributed by atoms with Crippen molar-refractivity contribution in [3.63, 3.8) is 0 Å². The maximum absolute atomic E-state index is 12.3. The lowest BCUT2D eigenvalue weighted by Gasteiger charge is -2.28. The Labute approximate surface area is 122 Å². The Morgan fingerprint density at radius 2 is 2.39 bits per heavy atom. The van der Waals surface area contributed by atoms with Crippen LogP contribution >= 0.6 is 38.9 Å². The molecule has 0 aliphatic carbocycles. The lowest BCUT2D eigenvalue weighted by molar-refractivity contribution is 0.0312. The third-order valence-electron chi connectivity index (χ3n) is 2.39. The van der Waals surface area contributed by atoms with Gasteiger partial charge in [-0.3, -0.25) is 0 Å². The van der Waals surface area contributed by atoms with E-state index in [0.29, 0.717) is 8.81 Å². The summed E-state index contributed by atoms with van der Waals surface area (Å²) in [7, 11) is -3.60. The van der Waals surface area contributed by atoms with Crippen LogP contribution in [0.3, 0.4) is 0 Å². The highest BCUT2D eigenvalue weighted by Gasteiger charge is 2.32. The smallest absolute Gasteiger partial charge is 0.252 e. The highest BCUT2D eigenvalue weighted by atomic mass is 79.9. The van der Waals surface area contributed by atoms with Crippen LogP contribution in [0.2, 0.25) is 5.02 Å². The molecule has 0 saturated carbocycles. The summed E-state index contributed by atoms with van der Waals surface area (Å²) in [6.07, 6.45) is -0.715.